The van der Waals surface area contributed by atoms with E-state index in [0.29, 0.717) is 0 Å². The van der Waals surface area contributed by atoms with Gasteiger partial charge in [-0.05, 0) is 12.1 Å². The van der Waals surface area contributed by atoms with Gasteiger partial charge in [-0.15, -0.1) is 0 Å². The molecule has 0 unspecified atom stereocenters. The smallest absolute Gasteiger partial charge is 1.00 e. The second-order valence-corrected chi connectivity index (χ2v) is 1.73. The zero-order valence-electron chi connectivity index (χ0n) is 4.72. The van der Waals surface area contributed by atoms with Gasteiger partial charge < -0.3 is 12.4 Å². The van der Waals surface area contributed by atoms with Gasteiger partial charge in [-0.3, -0.25) is 0 Å². The molecule has 0 amide bonds. The molecule has 0 heterocycles. The molecule has 1 rings (SSSR count). The van der Waals surface area contributed by atoms with Crippen LogP contribution in [0.4, 0.5) is 0 Å². The number of benzene rings is 1. The Morgan fingerprint density at radius 2 is 1.44 bits per heavy atom. The Bertz CT molecular complexity index is 141. The van der Waals surface area contributed by atoms with Gasteiger partial charge in [-0.1, -0.05) is 29.8 Å². The average molecular weight is 175 g/mol. The van der Waals surface area contributed by atoms with Crippen LogP contribution in [0.5, 0.6) is 0 Å². The third-order valence-corrected chi connectivity index (χ3v) is 0.985. The van der Waals surface area contributed by atoms with Crippen LogP contribution in [-0.2, 0) is 0 Å². The van der Waals surface area contributed by atoms with Gasteiger partial charge in [0.1, 0.15) is 0 Å². The quantitative estimate of drug-likeness (QED) is 0.442. The van der Waals surface area contributed by atoms with E-state index >= 15 is 0 Å². The minimum Gasteiger partial charge on any atom is -1.00 e. The van der Waals surface area contributed by atoms with E-state index in [4.69, 9.17) is 11.6 Å². The molecule has 0 N–H and O–H groups in total. The molecule has 0 radical (unpaired) electrons. The first-order valence-electron chi connectivity index (χ1n) is 2.10. The van der Waals surface area contributed by atoms with Gasteiger partial charge in [-0.2, -0.15) is 0 Å². The second kappa shape index (κ2) is 6.45. The predicted octanol–water partition coefficient (Wildman–Crippen LogP) is -1.04. The van der Waals surface area contributed by atoms with Gasteiger partial charge in [0.05, 0.1) is 0 Å². The topological polar surface area (TPSA) is 0 Å². The van der Waals surface area contributed by atoms with Crippen molar-refractivity contribution in [2.45, 2.75) is 0 Å². The fourth-order valence-corrected chi connectivity index (χ4v) is 0.560. The summed E-state index contributed by atoms with van der Waals surface area (Å²) in [6.07, 6.45) is 0. The van der Waals surface area contributed by atoms with Crippen LogP contribution in [0.15, 0.2) is 30.3 Å². The molecule has 0 saturated carbocycles. The third kappa shape index (κ3) is 4.81. The first kappa shape index (κ1) is 12.1. The average Bonchev–Trinajstić information content (AvgIpc) is 1.69. The van der Waals surface area contributed by atoms with Crippen molar-refractivity contribution in [3.63, 3.8) is 0 Å². The van der Waals surface area contributed by atoms with E-state index < -0.39 is 0 Å². The maximum absolute atomic E-state index is 5.54. The van der Waals surface area contributed by atoms with Crippen LogP contribution >= 0.6 is 11.6 Å². The molecule has 0 atom stereocenters. The molecule has 0 saturated heterocycles. The van der Waals surface area contributed by atoms with Crippen molar-refractivity contribution in [1.82, 2.24) is 0 Å². The van der Waals surface area contributed by atoms with E-state index in [-0.39, 0.29) is 29.8 Å². The number of hydrogen-bond acceptors (Lipinski definition) is 0. The van der Waals surface area contributed by atoms with Crippen molar-refractivity contribution in [3.8, 4) is 0 Å². The second-order valence-electron chi connectivity index (χ2n) is 1.30. The molecule has 0 fully saturated rings. The summed E-state index contributed by atoms with van der Waals surface area (Å²) in [6.45, 7) is 0. The summed E-state index contributed by atoms with van der Waals surface area (Å²) in [5.74, 6) is 0. The Kier molecular flexibility index (Phi) is 8.64. The zero-order chi connectivity index (χ0) is 5.11. The van der Waals surface area contributed by atoms with Gasteiger partial charge in [0.25, 0.3) is 0 Å². The van der Waals surface area contributed by atoms with Gasteiger partial charge in [0.15, 0.2) is 0 Å². The van der Waals surface area contributed by atoms with Crippen LogP contribution < -0.4 is 12.4 Å². The van der Waals surface area contributed by atoms with Crippen molar-refractivity contribution in [2.75, 3.05) is 0 Å². The first-order valence-corrected chi connectivity index (χ1v) is 2.48. The minimum absolute atomic E-state index is 0. The Morgan fingerprint density at radius 3 is 1.67 bits per heavy atom. The van der Waals surface area contributed by atoms with Gasteiger partial charge in [-0.25, -0.2) is 0 Å². The molecular formula is C6H5AlCl2+2. The van der Waals surface area contributed by atoms with Crippen LogP contribution in [-0.4, -0.2) is 17.4 Å². The van der Waals surface area contributed by atoms with E-state index in [1.165, 1.54) is 0 Å². The van der Waals surface area contributed by atoms with E-state index in [2.05, 4.69) is 0 Å². The number of halogens is 2. The molecule has 1 aromatic rings. The van der Waals surface area contributed by atoms with Crippen molar-refractivity contribution >= 4 is 29.0 Å². The van der Waals surface area contributed by atoms with E-state index in [0.717, 1.165) is 5.02 Å². The summed E-state index contributed by atoms with van der Waals surface area (Å²) >= 11 is 5.54. The fourth-order valence-electron chi connectivity index (χ4n) is 0.415. The minimum atomic E-state index is 0. The summed E-state index contributed by atoms with van der Waals surface area (Å²) < 4.78 is 0. The van der Waals surface area contributed by atoms with Crippen LogP contribution in [0.3, 0.4) is 0 Å². The molecule has 1 aromatic carbocycles. The SMILES string of the molecule is Clc1ccccc1.[Al+3].[Cl-]. The molecule has 0 bridgehead atoms. The van der Waals surface area contributed by atoms with Crippen LogP contribution in [0.2, 0.25) is 5.02 Å². The van der Waals surface area contributed by atoms with Crippen molar-refractivity contribution in [1.29, 1.82) is 0 Å². The van der Waals surface area contributed by atoms with Crippen molar-refractivity contribution in [2.24, 2.45) is 0 Å². The van der Waals surface area contributed by atoms with E-state index in [9.17, 15) is 0 Å². The summed E-state index contributed by atoms with van der Waals surface area (Å²) in [5.41, 5.74) is 0. The third-order valence-electron chi connectivity index (χ3n) is 0.733. The van der Waals surface area contributed by atoms with Crippen LogP contribution in [0.1, 0.15) is 0 Å². The van der Waals surface area contributed by atoms with E-state index in [1.54, 1.807) is 0 Å². The largest absolute Gasteiger partial charge is 3.00 e. The van der Waals surface area contributed by atoms with Crippen molar-refractivity contribution in [3.05, 3.63) is 35.4 Å². The molecule has 0 aromatic heterocycles. The molecule has 9 heavy (non-hydrogen) atoms. The Hall–Kier alpha value is 0.332. The molecule has 0 spiro atoms. The molecular weight excluding hydrogens is 170 g/mol. The first-order chi connectivity index (χ1) is 3.39. The van der Waals surface area contributed by atoms with Gasteiger partial charge >= 0.3 is 17.4 Å². The summed E-state index contributed by atoms with van der Waals surface area (Å²) in [6, 6.07) is 9.44. The molecule has 3 heteroatoms. The standard InChI is InChI=1S/C6H5Cl.Al.ClH/c7-6-4-2-1-3-5-6;;/h1-5H;;1H/q;+3;/p-1. The summed E-state index contributed by atoms with van der Waals surface area (Å²) in [5, 5.41) is 0.794. The van der Waals surface area contributed by atoms with Crippen molar-refractivity contribution < 1.29 is 12.4 Å². The number of hydrogen-bond donors (Lipinski definition) is 0. The maximum Gasteiger partial charge on any atom is 3.00 e. The zero-order valence-corrected chi connectivity index (χ0v) is 7.39. The van der Waals surface area contributed by atoms with Gasteiger partial charge in [0, 0.05) is 5.02 Å². The monoisotopic (exact) mass is 174 g/mol. The van der Waals surface area contributed by atoms with Crippen LogP contribution in [0, 0.1) is 0 Å². The predicted molar refractivity (Wildman–Crippen MR) is 37.2 cm³/mol. The normalized spacial score (nSPS) is 6.78. The Morgan fingerprint density at radius 1 is 1.00 bits per heavy atom. The molecule has 0 aliphatic carbocycles. The molecule has 0 aliphatic rings. The summed E-state index contributed by atoms with van der Waals surface area (Å²) in [4.78, 5) is 0. The molecule has 44 valence electrons. The maximum atomic E-state index is 5.54. The molecule has 0 aliphatic heterocycles. The fraction of sp³-hybridized carbons (Fsp3) is 0. The van der Waals surface area contributed by atoms with E-state index in [1.807, 2.05) is 30.3 Å². The Labute approximate surface area is 76.8 Å². The molecule has 0 nitrogen and oxygen atoms in total. The number of rotatable bonds is 0. The summed E-state index contributed by atoms with van der Waals surface area (Å²) in [7, 11) is 0. The Balaban J connectivity index is 0. The van der Waals surface area contributed by atoms with Gasteiger partial charge in [0.2, 0.25) is 0 Å². The van der Waals surface area contributed by atoms with Crippen LogP contribution in [0.25, 0.3) is 0 Å².